The maximum atomic E-state index is 6.20. The highest BCUT2D eigenvalue weighted by molar-refractivity contribution is 5.10. The van der Waals surface area contributed by atoms with Crippen LogP contribution in [-0.2, 0) is 13.0 Å². The van der Waals surface area contributed by atoms with Gasteiger partial charge < -0.3 is 5.73 Å². The SMILES string of the molecule is CCn1cc(CC(N)C2CC2(C)C)cn1. The van der Waals surface area contributed by atoms with Crippen LogP contribution < -0.4 is 5.73 Å². The van der Waals surface area contributed by atoms with Crippen molar-refractivity contribution >= 4 is 0 Å². The van der Waals surface area contributed by atoms with Crippen LogP contribution in [0.3, 0.4) is 0 Å². The number of aromatic nitrogens is 2. The Morgan fingerprint density at radius 1 is 1.67 bits per heavy atom. The number of nitrogens with zero attached hydrogens (tertiary/aromatic N) is 2. The van der Waals surface area contributed by atoms with E-state index in [0.29, 0.717) is 17.4 Å². The highest BCUT2D eigenvalue weighted by Gasteiger charge is 2.48. The molecule has 2 N–H and O–H groups in total. The molecule has 0 spiro atoms. The summed E-state index contributed by atoms with van der Waals surface area (Å²) in [5.74, 6) is 0.697. The van der Waals surface area contributed by atoms with Crippen molar-refractivity contribution in [2.45, 2.75) is 46.2 Å². The maximum Gasteiger partial charge on any atom is 0.0522 e. The van der Waals surface area contributed by atoms with Crippen LogP contribution in [0.1, 0.15) is 32.8 Å². The molecule has 1 aromatic heterocycles. The van der Waals surface area contributed by atoms with E-state index in [1.54, 1.807) is 0 Å². The highest BCUT2D eigenvalue weighted by atomic mass is 15.3. The second-order valence-corrected chi connectivity index (χ2v) is 5.37. The lowest BCUT2D eigenvalue weighted by atomic mass is 10.00. The zero-order valence-electron chi connectivity index (χ0n) is 9.90. The minimum Gasteiger partial charge on any atom is -0.327 e. The molecule has 0 radical (unpaired) electrons. The normalized spacial score (nSPS) is 25.2. The lowest BCUT2D eigenvalue weighted by Crippen LogP contribution is -2.27. The zero-order valence-corrected chi connectivity index (χ0v) is 9.90. The van der Waals surface area contributed by atoms with E-state index in [1.165, 1.54) is 12.0 Å². The Balaban J connectivity index is 1.92. The molecule has 3 nitrogen and oxygen atoms in total. The predicted octanol–water partition coefficient (Wildman–Crippen LogP) is 1.82. The monoisotopic (exact) mass is 207 g/mol. The van der Waals surface area contributed by atoms with Crippen LogP contribution in [0.5, 0.6) is 0 Å². The first kappa shape index (κ1) is 10.7. The molecule has 0 saturated heterocycles. The average molecular weight is 207 g/mol. The molecule has 15 heavy (non-hydrogen) atoms. The van der Waals surface area contributed by atoms with Crippen LogP contribution in [-0.4, -0.2) is 15.8 Å². The minimum atomic E-state index is 0.300. The van der Waals surface area contributed by atoms with Gasteiger partial charge >= 0.3 is 0 Å². The molecule has 2 unspecified atom stereocenters. The Labute approximate surface area is 91.7 Å². The smallest absolute Gasteiger partial charge is 0.0522 e. The quantitative estimate of drug-likeness (QED) is 0.818. The Morgan fingerprint density at radius 2 is 2.33 bits per heavy atom. The summed E-state index contributed by atoms with van der Waals surface area (Å²) in [5.41, 5.74) is 7.94. The van der Waals surface area contributed by atoms with Gasteiger partial charge in [0.15, 0.2) is 0 Å². The zero-order chi connectivity index (χ0) is 11.1. The maximum absolute atomic E-state index is 6.20. The largest absolute Gasteiger partial charge is 0.327 e. The molecule has 0 bridgehead atoms. The van der Waals surface area contributed by atoms with Gasteiger partial charge in [-0.15, -0.1) is 0 Å². The Morgan fingerprint density at radius 3 is 2.80 bits per heavy atom. The third kappa shape index (κ3) is 2.23. The fraction of sp³-hybridized carbons (Fsp3) is 0.750. The van der Waals surface area contributed by atoms with Gasteiger partial charge in [0.05, 0.1) is 6.20 Å². The molecule has 2 atom stereocenters. The van der Waals surface area contributed by atoms with Gasteiger partial charge in [-0.25, -0.2) is 0 Å². The van der Waals surface area contributed by atoms with E-state index >= 15 is 0 Å². The molecule has 1 aliphatic carbocycles. The summed E-state index contributed by atoms with van der Waals surface area (Å²) in [6, 6.07) is 0.300. The molecule has 1 saturated carbocycles. The Hall–Kier alpha value is -0.830. The van der Waals surface area contributed by atoms with Gasteiger partial charge in [-0.1, -0.05) is 13.8 Å². The predicted molar refractivity (Wildman–Crippen MR) is 61.5 cm³/mol. The van der Waals surface area contributed by atoms with Gasteiger partial charge in [0.2, 0.25) is 0 Å². The lowest BCUT2D eigenvalue weighted by molar-refractivity contribution is 0.476. The number of nitrogens with two attached hydrogens (primary N) is 1. The molecule has 1 aromatic rings. The van der Waals surface area contributed by atoms with Crippen LogP contribution in [0.4, 0.5) is 0 Å². The van der Waals surface area contributed by atoms with E-state index in [0.717, 1.165) is 13.0 Å². The number of aryl methyl sites for hydroxylation is 1. The number of hydrogen-bond donors (Lipinski definition) is 1. The van der Waals surface area contributed by atoms with Crippen molar-refractivity contribution in [1.29, 1.82) is 0 Å². The molecule has 2 rings (SSSR count). The van der Waals surface area contributed by atoms with E-state index in [-0.39, 0.29) is 0 Å². The molecule has 3 heteroatoms. The minimum absolute atomic E-state index is 0.300. The highest BCUT2D eigenvalue weighted by Crippen LogP contribution is 2.53. The first-order valence-corrected chi connectivity index (χ1v) is 5.80. The summed E-state index contributed by atoms with van der Waals surface area (Å²) >= 11 is 0. The molecule has 1 heterocycles. The lowest BCUT2D eigenvalue weighted by Gasteiger charge is -2.11. The third-order valence-corrected chi connectivity index (χ3v) is 3.59. The van der Waals surface area contributed by atoms with Crippen molar-refractivity contribution in [3.63, 3.8) is 0 Å². The molecular weight excluding hydrogens is 186 g/mol. The first-order valence-electron chi connectivity index (χ1n) is 5.80. The van der Waals surface area contributed by atoms with E-state index in [2.05, 4.69) is 32.1 Å². The summed E-state index contributed by atoms with van der Waals surface area (Å²) in [6.07, 6.45) is 6.29. The average Bonchev–Trinajstić information content (AvgIpc) is 2.62. The number of rotatable bonds is 4. The van der Waals surface area contributed by atoms with Gasteiger partial charge in [0.1, 0.15) is 0 Å². The number of hydrogen-bond acceptors (Lipinski definition) is 2. The molecule has 1 fully saturated rings. The topological polar surface area (TPSA) is 43.8 Å². The van der Waals surface area contributed by atoms with Gasteiger partial charge in [-0.3, -0.25) is 4.68 Å². The second kappa shape index (κ2) is 3.63. The van der Waals surface area contributed by atoms with Crippen molar-refractivity contribution in [3.05, 3.63) is 18.0 Å². The summed E-state index contributed by atoms with van der Waals surface area (Å²) in [4.78, 5) is 0. The van der Waals surface area contributed by atoms with E-state index in [1.807, 2.05) is 10.9 Å². The summed E-state index contributed by atoms with van der Waals surface area (Å²) < 4.78 is 1.96. The van der Waals surface area contributed by atoms with Crippen LogP contribution in [0.2, 0.25) is 0 Å². The van der Waals surface area contributed by atoms with Crippen LogP contribution in [0.15, 0.2) is 12.4 Å². The molecule has 0 aliphatic heterocycles. The van der Waals surface area contributed by atoms with Crippen LogP contribution in [0.25, 0.3) is 0 Å². The molecule has 0 aromatic carbocycles. The fourth-order valence-corrected chi connectivity index (χ4v) is 2.34. The first-order chi connectivity index (χ1) is 7.03. The summed E-state index contributed by atoms with van der Waals surface area (Å²) in [7, 11) is 0. The van der Waals surface area contributed by atoms with Crippen LogP contribution in [0, 0.1) is 11.3 Å². The van der Waals surface area contributed by atoms with Crippen molar-refractivity contribution in [2.75, 3.05) is 0 Å². The van der Waals surface area contributed by atoms with Gasteiger partial charge in [-0.05, 0) is 36.7 Å². The fourth-order valence-electron chi connectivity index (χ4n) is 2.34. The third-order valence-electron chi connectivity index (χ3n) is 3.59. The van der Waals surface area contributed by atoms with E-state index in [9.17, 15) is 0 Å². The standard InChI is InChI=1S/C12H21N3/c1-4-15-8-9(7-14-15)5-11(13)10-6-12(10,2)3/h7-8,10-11H,4-6,13H2,1-3H3. The molecular formula is C12H21N3. The summed E-state index contributed by atoms with van der Waals surface area (Å²) in [6.45, 7) is 7.63. The van der Waals surface area contributed by atoms with Crippen LogP contribution >= 0.6 is 0 Å². The van der Waals surface area contributed by atoms with Crippen molar-refractivity contribution in [2.24, 2.45) is 17.1 Å². The Bertz CT molecular complexity index is 340. The van der Waals surface area contributed by atoms with E-state index < -0.39 is 0 Å². The van der Waals surface area contributed by atoms with Crippen molar-refractivity contribution in [3.8, 4) is 0 Å². The van der Waals surface area contributed by atoms with Crippen molar-refractivity contribution < 1.29 is 0 Å². The molecule has 1 aliphatic rings. The second-order valence-electron chi connectivity index (χ2n) is 5.37. The molecule has 0 amide bonds. The van der Waals surface area contributed by atoms with Gasteiger partial charge in [0, 0.05) is 18.8 Å². The van der Waals surface area contributed by atoms with E-state index in [4.69, 9.17) is 5.73 Å². The molecule has 84 valence electrons. The van der Waals surface area contributed by atoms with Gasteiger partial charge in [-0.2, -0.15) is 5.10 Å². The Kier molecular flexibility index (Phi) is 2.59. The van der Waals surface area contributed by atoms with Crippen molar-refractivity contribution in [1.82, 2.24) is 9.78 Å². The summed E-state index contributed by atoms with van der Waals surface area (Å²) in [5, 5.41) is 4.26. The van der Waals surface area contributed by atoms with Gasteiger partial charge in [0.25, 0.3) is 0 Å².